The highest BCUT2D eigenvalue weighted by Crippen LogP contribution is 2.17. The fourth-order valence-electron chi connectivity index (χ4n) is 1.65. The van der Waals surface area contributed by atoms with Gasteiger partial charge >= 0.3 is 0 Å². The van der Waals surface area contributed by atoms with Gasteiger partial charge in [-0.1, -0.05) is 0 Å². The Bertz CT molecular complexity index is 171. The van der Waals surface area contributed by atoms with Crippen LogP contribution in [0.5, 0.6) is 0 Å². The molecule has 0 aliphatic carbocycles. The van der Waals surface area contributed by atoms with Gasteiger partial charge in [-0.05, 0) is 19.3 Å². The number of carbonyl (C=O) groups is 1. The SMILES string of the molecule is COC(OC)C(=O)CCC1CCCO1. The Morgan fingerprint density at radius 2 is 2.21 bits per heavy atom. The Balaban J connectivity index is 2.18. The molecule has 1 unspecified atom stereocenters. The molecule has 0 saturated carbocycles. The lowest BCUT2D eigenvalue weighted by atomic mass is 10.1. The summed E-state index contributed by atoms with van der Waals surface area (Å²) in [5, 5.41) is 0. The van der Waals surface area contributed by atoms with Crippen LogP contribution in [0.2, 0.25) is 0 Å². The number of hydrogen-bond acceptors (Lipinski definition) is 4. The molecule has 0 aromatic rings. The smallest absolute Gasteiger partial charge is 0.217 e. The summed E-state index contributed by atoms with van der Waals surface area (Å²) in [5.41, 5.74) is 0. The highest BCUT2D eigenvalue weighted by molar-refractivity contribution is 5.81. The molecule has 0 amide bonds. The predicted molar refractivity (Wildman–Crippen MR) is 51.0 cm³/mol. The molecular weight excluding hydrogens is 184 g/mol. The van der Waals surface area contributed by atoms with Crippen LogP contribution < -0.4 is 0 Å². The molecule has 0 aromatic carbocycles. The largest absolute Gasteiger partial charge is 0.378 e. The third kappa shape index (κ3) is 3.36. The van der Waals surface area contributed by atoms with E-state index in [0.29, 0.717) is 6.42 Å². The molecule has 4 nitrogen and oxygen atoms in total. The molecule has 1 fully saturated rings. The highest BCUT2D eigenvalue weighted by Gasteiger charge is 2.21. The highest BCUT2D eigenvalue weighted by atomic mass is 16.7. The average molecular weight is 202 g/mol. The van der Waals surface area contributed by atoms with Crippen LogP contribution in [0, 0.1) is 0 Å². The molecule has 4 heteroatoms. The molecular formula is C10H18O4. The zero-order valence-electron chi connectivity index (χ0n) is 8.82. The minimum atomic E-state index is -0.712. The van der Waals surface area contributed by atoms with E-state index in [9.17, 15) is 4.79 Å². The monoisotopic (exact) mass is 202 g/mol. The third-order valence-electron chi connectivity index (χ3n) is 2.43. The van der Waals surface area contributed by atoms with Gasteiger partial charge in [0, 0.05) is 27.2 Å². The molecule has 1 aliphatic rings. The van der Waals surface area contributed by atoms with E-state index in [1.54, 1.807) is 0 Å². The zero-order valence-corrected chi connectivity index (χ0v) is 8.82. The summed E-state index contributed by atoms with van der Waals surface area (Å²) in [6.07, 6.45) is 2.97. The minimum Gasteiger partial charge on any atom is -0.378 e. The summed E-state index contributed by atoms with van der Waals surface area (Å²) in [6.45, 7) is 0.830. The summed E-state index contributed by atoms with van der Waals surface area (Å²) >= 11 is 0. The molecule has 14 heavy (non-hydrogen) atoms. The van der Waals surface area contributed by atoms with Gasteiger partial charge in [0.25, 0.3) is 0 Å². The Hall–Kier alpha value is -0.450. The number of ether oxygens (including phenoxy) is 3. The van der Waals surface area contributed by atoms with Crippen LogP contribution in [-0.4, -0.2) is 39.0 Å². The lowest BCUT2D eigenvalue weighted by molar-refractivity contribution is -0.157. The molecule has 0 bridgehead atoms. The second-order valence-electron chi connectivity index (χ2n) is 3.44. The van der Waals surface area contributed by atoms with Crippen molar-refractivity contribution in [2.75, 3.05) is 20.8 Å². The topological polar surface area (TPSA) is 44.8 Å². The van der Waals surface area contributed by atoms with Gasteiger partial charge in [-0.2, -0.15) is 0 Å². The molecule has 82 valence electrons. The van der Waals surface area contributed by atoms with Gasteiger partial charge in [0.2, 0.25) is 6.29 Å². The molecule has 1 aliphatic heterocycles. The summed E-state index contributed by atoms with van der Waals surface area (Å²) in [4.78, 5) is 11.5. The Morgan fingerprint density at radius 1 is 1.50 bits per heavy atom. The van der Waals surface area contributed by atoms with Crippen LogP contribution in [0.15, 0.2) is 0 Å². The third-order valence-corrected chi connectivity index (χ3v) is 2.43. The maximum absolute atomic E-state index is 11.5. The van der Waals surface area contributed by atoms with Gasteiger partial charge in [-0.3, -0.25) is 4.79 Å². The number of methoxy groups -OCH3 is 2. The molecule has 0 aromatic heterocycles. The summed E-state index contributed by atoms with van der Waals surface area (Å²) in [6, 6.07) is 0. The normalized spacial score (nSPS) is 21.8. The van der Waals surface area contributed by atoms with Gasteiger partial charge < -0.3 is 14.2 Å². The van der Waals surface area contributed by atoms with Crippen LogP contribution in [-0.2, 0) is 19.0 Å². The Labute approximate surface area is 84.5 Å². The van der Waals surface area contributed by atoms with Crippen molar-refractivity contribution in [1.29, 1.82) is 0 Å². The van der Waals surface area contributed by atoms with Gasteiger partial charge in [-0.15, -0.1) is 0 Å². The zero-order chi connectivity index (χ0) is 10.4. The first-order chi connectivity index (χ1) is 6.77. The Morgan fingerprint density at radius 3 is 2.71 bits per heavy atom. The molecule has 1 rings (SSSR count). The maximum Gasteiger partial charge on any atom is 0.217 e. The van der Waals surface area contributed by atoms with Crippen molar-refractivity contribution in [3.8, 4) is 0 Å². The van der Waals surface area contributed by atoms with E-state index in [1.165, 1.54) is 14.2 Å². The van der Waals surface area contributed by atoms with Crippen molar-refractivity contribution in [3.63, 3.8) is 0 Å². The van der Waals surface area contributed by atoms with Crippen molar-refractivity contribution in [2.45, 2.75) is 38.1 Å². The quantitative estimate of drug-likeness (QED) is 0.606. The fourth-order valence-corrected chi connectivity index (χ4v) is 1.65. The first-order valence-electron chi connectivity index (χ1n) is 4.98. The number of Topliss-reactive ketones (excluding diaryl/α,β-unsaturated/α-hetero) is 1. The second kappa shape index (κ2) is 6.11. The molecule has 0 N–H and O–H groups in total. The van der Waals surface area contributed by atoms with Gasteiger partial charge in [0.1, 0.15) is 0 Å². The van der Waals surface area contributed by atoms with E-state index < -0.39 is 6.29 Å². The fraction of sp³-hybridized carbons (Fsp3) is 0.900. The van der Waals surface area contributed by atoms with E-state index in [1.807, 2.05) is 0 Å². The van der Waals surface area contributed by atoms with Crippen LogP contribution in [0.4, 0.5) is 0 Å². The van der Waals surface area contributed by atoms with Crippen molar-refractivity contribution in [1.82, 2.24) is 0 Å². The number of ketones is 1. The van der Waals surface area contributed by atoms with Crippen molar-refractivity contribution < 1.29 is 19.0 Å². The predicted octanol–water partition coefficient (Wildman–Crippen LogP) is 1.13. The van der Waals surface area contributed by atoms with Gasteiger partial charge in [-0.25, -0.2) is 0 Å². The van der Waals surface area contributed by atoms with Crippen LogP contribution in [0.3, 0.4) is 0 Å². The van der Waals surface area contributed by atoms with E-state index in [4.69, 9.17) is 14.2 Å². The van der Waals surface area contributed by atoms with E-state index in [2.05, 4.69) is 0 Å². The lowest BCUT2D eigenvalue weighted by Gasteiger charge is -2.13. The molecule has 1 heterocycles. The van der Waals surface area contributed by atoms with Crippen LogP contribution >= 0.6 is 0 Å². The minimum absolute atomic E-state index is 0.00880. The van der Waals surface area contributed by atoms with Crippen LogP contribution in [0.25, 0.3) is 0 Å². The Kier molecular flexibility index (Phi) is 5.07. The van der Waals surface area contributed by atoms with Crippen molar-refractivity contribution in [3.05, 3.63) is 0 Å². The summed E-state index contributed by atoms with van der Waals surface area (Å²) < 4.78 is 15.1. The summed E-state index contributed by atoms with van der Waals surface area (Å²) in [7, 11) is 2.94. The molecule has 1 atom stereocenters. The van der Waals surface area contributed by atoms with Gasteiger partial charge in [0.15, 0.2) is 5.78 Å². The first-order valence-corrected chi connectivity index (χ1v) is 4.98. The first kappa shape index (κ1) is 11.6. The lowest BCUT2D eigenvalue weighted by Crippen LogP contribution is -2.25. The number of rotatable bonds is 6. The number of carbonyl (C=O) groups excluding carboxylic acids is 1. The van der Waals surface area contributed by atoms with Crippen LogP contribution in [0.1, 0.15) is 25.7 Å². The average Bonchev–Trinajstić information content (AvgIpc) is 2.69. The standard InChI is InChI=1S/C10H18O4/c1-12-10(13-2)9(11)6-5-8-4-3-7-14-8/h8,10H,3-7H2,1-2H3. The van der Waals surface area contributed by atoms with Gasteiger partial charge in [0.05, 0.1) is 6.10 Å². The molecule has 0 spiro atoms. The van der Waals surface area contributed by atoms with Crippen molar-refractivity contribution in [2.24, 2.45) is 0 Å². The maximum atomic E-state index is 11.5. The molecule has 0 radical (unpaired) electrons. The molecule has 1 saturated heterocycles. The second-order valence-corrected chi connectivity index (χ2v) is 3.44. The summed E-state index contributed by atoms with van der Waals surface area (Å²) in [5.74, 6) is -0.00880. The van der Waals surface area contributed by atoms with E-state index in [-0.39, 0.29) is 11.9 Å². The van der Waals surface area contributed by atoms with E-state index in [0.717, 1.165) is 25.9 Å². The van der Waals surface area contributed by atoms with E-state index >= 15 is 0 Å². The number of hydrogen-bond donors (Lipinski definition) is 0. The van der Waals surface area contributed by atoms with Crippen molar-refractivity contribution >= 4 is 5.78 Å².